The van der Waals surface area contributed by atoms with Gasteiger partial charge < -0.3 is 18.6 Å². The number of rotatable bonds is 2. The van der Waals surface area contributed by atoms with Gasteiger partial charge in [0, 0.05) is 18.0 Å². The Morgan fingerprint density at radius 1 is 1.13 bits per heavy atom. The molecule has 1 fully saturated rings. The van der Waals surface area contributed by atoms with Crippen molar-refractivity contribution in [2.45, 2.75) is 38.9 Å². The number of ether oxygens (including phenoxy) is 1. The van der Waals surface area contributed by atoms with Crippen molar-refractivity contribution in [2.75, 3.05) is 7.11 Å². The second kappa shape index (κ2) is 5.11. The van der Waals surface area contributed by atoms with Crippen LogP contribution in [-0.4, -0.2) is 36.0 Å². The van der Waals surface area contributed by atoms with Crippen molar-refractivity contribution in [2.24, 2.45) is 7.05 Å². The van der Waals surface area contributed by atoms with Crippen molar-refractivity contribution in [3.05, 3.63) is 30.0 Å². The highest BCUT2D eigenvalue weighted by molar-refractivity contribution is 6.62. The molecule has 1 aromatic heterocycles. The molecular formula is C17H22BNO4. The molecule has 0 unspecified atom stereocenters. The van der Waals surface area contributed by atoms with Crippen molar-refractivity contribution in [1.82, 2.24) is 4.57 Å². The van der Waals surface area contributed by atoms with E-state index in [-0.39, 0.29) is 17.2 Å². The molecule has 1 aromatic carbocycles. The first-order chi connectivity index (χ1) is 10.7. The van der Waals surface area contributed by atoms with Crippen LogP contribution in [0.4, 0.5) is 0 Å². The molecule has 0 bridgehead atoms. The van der Waals surface area contributed by atoms with E-state index in [1.54, 1.807) is 0 Å². The molecule has 0 spiro atoms. The Morgan fingerprint density at radius 2 is 1.74 bits per heavy atom. The van der Waals surface area contributed by atoms with E-state index in [0.717, 1.165) is 16.4 Å². The van der Waals surface area contributed by atoms with Gasteiger partial charge in [-0.05, 0) is 45.3 Å². The molecule has 1 aliphatic rings. The maximum absolute atomic E-state index is 11.8. The number of esters is 1. The summed E-state index contributed by atoms with van der Waals surface area (Å²) in [6.07, 6.45) is 0. The molecule has 0 N–H and O–H groups in total. The summed E-state index contributed by atoms with van der Waals surface area (Å²) in [5.41, 5.74) is 1.65. The molecule has 1 aliphatic heterocycles. The van der Waals surface area contributed by atoms with Crippen LogP contribution in [-0.2, 0) is 21.1 Å². The van der Waals surface area contributed by atoms with Crippen LogP contribution >= 0.6 is 0 Å². The Hall–Kier alpha value is -1.79. The fraction of sp³-hybridized carbons (Fsp3) is 0.471. The largest absolute Gasteiger partial charge is 0.494 e. The lowest BCUT2D eigenvalue weighted by molar-refractivity contribution is 0.00578. The minimum absolute atomic E-state index is 0.346. The van der Waals surface area contributed by atoms with E-state index in [2.05, 4.69) is 0 Å². The summed E-state index contributed by atoms with van der Waals surface area (Å²) in [6, 6.07) is 7.78. The number of hydrogen-bond donors (Lipinski definition) is 0. The lowest BCUT2D eigenvalue weighted by Crippen LogP contribution is -2.41. The normalized spacial score (nSPS) is 19.3. The minimum atomic E-state index is -0.416. The maximum Gasteiger partial charge on any atom is 0.494 e. The van der Waals surface area contributed by atoms with E-state index in [4.69, 9.17) is 14.0 Å². The van der Waals surface area contributed by atoms with Gasteiger partial charge in [0.15, 0.2) is 0 Å². The van der Waals surface area contributed by atoms with Gasteiger partial charge in [-0.3, -0.25) is 0 Å². The van der Waals surface area contributed by atoms with Gasteiger partial charge in [0.25, 0.3) is 0 Å². The number of aromatic nitrogens is 1. The van der Waals surface area contributed by atoms with Crippen LogP contribution in [0.25, 0.3) is 10.9 Å². The van der Waals surface area contributed by atoms with Gasteiger partial charge in [-0.1, -0.05) is 12.1 Å². The average molecular weight is 315 g/mol. The zero-order valence-corrected chi connectivity index (χ0v) is 14.5. The summed E-state index contributed by atoms with van der Waals surface area (Å²) >= 11 is 0. The number of carbonyl (C=O) groups is 1. The molecule has 0 amide bonds. The number of nitrogens with zero attached hydrogens (tertiary/aromatic N) is 1. The first-order valence-corrected chi connectivity index (χ1v) is 7.69. The predicted octanol–water partition coefficient (Wildman–Crippen LogP) is 2.26. The van der Waals surface area contributed by atoms with Crippen molar-refractivity contribution in [3.8, 4) is 0 Å². The number of methoxy groups -OCH3 is 1. The number of fused-ring (bicyclic) bond motifs is 1. The molecule has 0 atom stereocenters. The molecule has 2 heterocycles. The van der Waals surface area contributed by atoms with Crippen LogP contribution in [0.2, 0.25) is 0 Å². The molecule has 6 heteroatoms. The van der Waals surface area contributed by atoms with Gasteiger partial charge in [-0.2, -0.15) is 0 Å². The van der Waals surface area contributed by atoms with Crippen LogP contribution in [0.3, 0.4) is 0 Å². The van der Waals surface area contributed by atoms with Crippen LogP contribution in [0.1, 0.15) is 38.2 Å². The van der Waals surface area contributed by atoms with E-state index >= 15 is 0 Å². The third kappa shape index (κ3) is 2.46. The fourth-order valence-electron chi connectivity index (χ4n) is 2.77. The third-order valence-corrected chi connectivity index (χ3v) is 4.99. The summed E-state index contributed by atoms with van der Waals surface area (Å²) in [5.74, 6) is -0.346. The predicted molar refractivity (Wildman–Crippen MR) is 90.0 cm³/mol. The van der Waals surface area contributed by atoms with E-state index in [0.29, 0.717) is 5.69 Å². The molecule has 0 saturated carbocycles. The van der Waals surface area contributed by atoms with Crippen molar-refractivity contribution in [3.63, 3.8) is 0 Å². The molecule has 23 heavy (non-hydrogen) atoms. The molecule has 0 aliphatic carbocycles. The van der Waals surface area contributed by atoms with Gasteiger partial charge in [-0.15, -0.1) is 0 Å². The number of aryl methyl sites for hydroxylation is 1. The van der Waals surface area contributed by atoms with Gasteiger partial charge >= 0.3 is 13.1 Å². The van der Waals surface area contributed by atoms with Crippen molar-refractivity contribution < 1.29 is 18.8 Å². The zero-order chi connectivity index (χ0) is 17.0. The topological polar surface area (TPSA) is 49.7 Å². The monoisotopic (exact) mass is 315 g/mol. The first-order valence-electron chi connectivity index (χ1n) is 7.69. The summed E-state index contributed by atoms with van der Waals surface area (Å²) in [7, 11) is 2.82. The fourth-order valence-corrected chi connectivity index (χ4v) is 2.77. The Balaban J connectivity index is 2.01. The summed E-state index contributed by atoms with van der Waals surface area (Å²) in [5, 5.41) is 0.980. The average Bonchev–Trinajstić information content (AvgIpc) is 2.92. The lowest BCUT2D eigenvalue weighted by atomic mass is 9.79. The van der Waals surface area contributed by atoms with Crippen LogP contribution < -0.4 is 5.46 Å². The van der Waals surface area contributed by atoms with Gasteiger partial charge in [0.2, 0.25) is 0 Å². The lowest BCUT2D eigenvalue weighted by Gasteiger charge is -2.32. The van der Waals surface area contributed by atoms with Gasteiger partial charge in [0.1, 0.15) is 5.69 Å². The molecular weight excluding hydrogens is 293 g/mol. The van der Waals surface area contributed by atoms with Crippen LogP contribution in [0.15, 0.2) is 24.3 Å². The third-order valence-electron chi connectivity index (χ3n) is 4.99. The summed E-state index contributed by atoms with van der Waals surface area (Å²) < 4.78 is 18.8. The van der Waals surface area contributed by atoms with E-state index in [9.17, 15) is 4.79 Å². The summed E-state index contributed by atoms with van der Waals surface area (Å²) in [4.78, 5) is 11.8. The Morgan fingerprint density at radius 3 is 2.30 bits per heavy atom. The van der Waals surface area contributed by atoms with E-state index < -0.39 is 7.12 Å². The SMILES string of the molecule is COC(=O)c1cc2ccc(B3OC(C)(C)C(C)(C)O3)cc2n1C. The minimum Gasteiger partial charge on any atom is -0.464 e. The highest BCUT2D eigenvalue weighted by Gasteiger charge is 2.51. The smallest absolute Gasteiger partial charge is 0.464 e. The highest BCUT2D eigenvalue weighted by Crippen LogP contribution is 2.36. The van der Waals surface area contributed by atoms with Gasteiger partial charge in [0.05, 0.1) is 18.3 Å². The number of carbonyl (C=O) groups excluding carboxylic acids is 1. The molecule has 2 aromatic rings. The molecule has 122 valence electrons. The molecule has 0 radical (unpaired) electrons. The Labute approximate surface area is 136 Å². The zero-order valence-electron chi connectivity index (χ0n) is 14.5. The molecule has 3 rings (SSSR count). The number of benzene rings is 1. The first kappa shape index (κ1) is 16.1. The van der Waals surface area contributed by atoms with Crippen LogP contribution in [0.5, 0.6) is 0 Å². The maximum atomic E-state index is 11.8. The second-order valence-electron chi connectivity index (χ2n) is 6.99. The van der Waals surface area contributed by atoms with E-state index in [1.165, 1.54) is 7.11 Å². The highest BCUT2D eigenvalue weighted by atomic mass is 16.7. The Bertz CT molecular complexity index is 762. The summed E-state index contributed by atoms with van der Waals surface area (Å²) in [6.45, 7) is 8.12. The van der Waals surface area contributed by atoms with Crippen LogP contribution in [0, 0.1) is 0 Å². The van der Waals surface area contributed by atoms with Gasteiger partial charge in [-0.25, -0.2) is 4.79 Å². The van der Waals surface area contributed by atoms with Crippen molar-refractivity contribution >= 4 is 29.5 Å². The molecule has 1 saturated heterocycles. The quantitative estimate of drug-likeness (QED) is 0.630. The van der Waals surface area contributed by atoms with Crippen molar-refractivity contribution in [1.29, 1.82) is 0 Å². The standard InChI is InChI=1S/C17H22BNO4/c1-16(2)17(3,4)23-18(22-16)12-8-7-11-9-14(15(20)21-6)19(5)13(11)10-12/h7-10H,1-6H3. The Kier molecular flexibility index (Phi) is 3.57. The molecule has 5 nitrogen and oxygen atoms in total. The van der Waals surface area contributed by atoms with E-state index in [1.807, 2.05) is 63.6 Å². The number of hydrogen-bond acceptors (Lipinski definition) is 4. The second-order valence-corrected chi connectivity index (χ2v) is 6.99.